The van der Waals surface area contributed by atoms with E-state index in [1.165, 1.54) is 6.92 Å². The molecule has 1 amide bonds. The van der Waals surface area contributed by atoms with Crippen molar-refractivity contribution < 1.29 is 23.1 Å². The van der Waals surface area contributed by atoms with Gasteiger partial charge in [0.1, 0.15) is 0 Å². The molecule has 3 rings (SSSR count). The Kier molecular flexibility index (Phi) is 6.62. The van der Waals surface area contributed by atoms with E-state index in [4.69, 9.17) is 0 Å². The Labute approximate surface area is 169 Å². The van der Waals surface area contributed by atoms with Crippen LogP contribution in [0.4, 0.5) is 8.78 Å². The maximum absolute atomic E-state index is 14.4. The first-order valence-electron chi connectivity index (χ1n) is 9.91. The molecule has 0 bridgehead atoms. The van der Waals surface area contributed by atoms with Gasteiger partial charge in [-0.3, -0.25) is 4.79 Å². The zero-order valence-electron chi connectivity index (χ0n) is 16.4. The summed E-state index contributed by atoms with van der Waals surface area (Å²) in [6.45, 7) is 1.35. The monoisotopic (exact) mass is 401 g/mol. The standard InChI is InChI=1S/C23H25F2NO3/c1-2-29-22(28)23(24,25)15-20(26-21(27)19-9-6-10-19)18-13-11-17(12-14-18)16-7-4-3-5-8-16/h3-5,7-8,11-14,19-20H,2,6,9-10,15H2,1H3,(H,26,27). The first-order chi connectivity index (χ1) is 13.9. The van der Waals surface area contributed by atoms with Crippen LogP contribution >= 0.6 is 0 Å². The molecule has 1 aliphatic carbocycles. The number of nitrogens with one attached hydrogen (secondary N) is 1. The number of hydrogen-bond donors (Lipinski definition) is 1. The highest BCUT2D eigenvalue weighted by molar-refractivity contribution is 5.81. The molecule has 0 spiro atoms. The molecule has 0 saturated heterocycles. The van der Waals surface area contributed by atoms with Crippen LogP contribution < -0.4 is 5.32 Å². The van der Waals surface area contributed by atoms with Gasteiger partial charge in [-0.15, -0.1) is 0 Å². The number of hydrogen-bond acceptors (Lipinski definition) is 3. The zero-order valence-corrected chi connectivity index (χ0v) is 16.4. The first kappa shape index (κ1) is 21.0. The molecule has 0 radical (unpaired) electrons. The van der Waals surface area contributed by atoms with Crippen LogP contribution in [0.2, 0.25) is 0 Å². The lowest BCUT2D eigenvalue weighted by Crippen LogP contribution is -2.41. The van der Waals surface area contributed by atoms with Crippen molar-refractivity contribution in [2.75, 3.05) is 6.61 Å². The average molecular weight is 401 g/mol. The van der Waals surface area contributed by atoms with Crippen molar-refractivity contribution in [1.82, 2.24) is 5.32 Å². The predicted molar refractivity (Wildman–Crippen MR) is 106 cm³/mol. The van der Waals surface area contributed by atoms with E-state index in [0.29, 0.717) is 5.56 Å². The third-order valence-corrected chi connectivity index (χ3v) is 5.25. The SMILES string of the molecule is CCOC(=O)C(F)(F)CC(NC(=O)C1CCC1)c1ccc(-c2ccccc2)cc1. The molecule has 0 heterocycles. The molecule has 2 aromatic rings. The minimum atomic E-state index is -3.69. The fourth-order valence-electron chi connectivity index (χ4n) is 3.33. The van der Waals surface area contributed by atoms with E-state index >= 15 is 0 Å². The molecule has 1 N–H and O–H groups in total. The van der Waals surface area contributed by atoms with Crippen molar-refractivity contribution in [2.45, 2.75) is 44.6 Å². The van der Waals surface area contributed by atoms with Gasteiger partial charge >= 0.3 is 11.9 Å². The van der Waals surface area contributed by atoms with Gasteiger partial charge in [-0.05, 0) is 36.5 Å². The van der Waals surface area contributed by atoms with Gasteiger partial charge in [0.05, 0.1) is 12.6 Å². The van der Waals surface area contributed by atoms with Crippen LogP contribution in [-0.2, 0) is 14.3 Å². The lowest BCUT2D eigenvalue weighted by Gasteiger charge is -2.29. The minimum absolute atomic E-state index is 0.126. The van der Waals surface area contributed by atoms with Crippen LogP contribution in [0.15, 0.2) is 54.6 Å². The van der Waals surface area contributed by atoms with Crippen LogP contribution in [0.5, 0.6) is 0 Å². The van der Waals surface area contributed by atoms with E-state index in [-0.39, 0.29) is 18.4 Å². The largest absolute Gasteiger partial charge is 0.462 e. The van der Waals surface area contributed by atoms with E-state index in [2.05, 4.69) is 10.1 Å². The summed E-state index contributed by atoms with van der Waals surface area (Å²) in [6, 6.07) is 15.8. The summed E-state index contributed by atoms with van der Waals surface area (Å²) in [5.74, 6) is -5.64. The van der Waals surface area contributed by atoms with Crippen molar-refractivity contribution in [3.05, 3.63) is 60.2 Å². The Morgan fingerprint density at radius 1 is 1.07 bits per heavy atom. The van der Waals surface area contributed by atoms with Crippen LogP contribution in [0.3, 0.4) is 0 Å². The molecule has 1 aliphatic rings. The fraction of sp³-hybridized carbons (Fsp3) is 0.391. The lowest BCUT2D eigenvalue weighted by molar-refractivity contribution is -0.173. The third-order valence-electron chi connectivity index (χ3n) is 5.25. The van der Waals surface area contributed by atoms with Gasteiger partial charge in [0.2, 0.25) is 5.91 Å². The van der Waals surface area contributed by atoms with Crippen LogP contribution in [0.1, 0.15) is 44.2 Å². The Morgan fingerprint density at radius 3 is 2.24 bits per heavy atom. The number of carbonyl (C=O) groups is 2. The molecule has 1 atom stereocenters. The van der Waals surface area contributed by atoms with E-state index in [1.54, 1.807) is 12.1 Å². The van der Waals surface area contributed by atoms with E-state index in [9.17, 15) is 18.4 Å². The molecule has 0 aliphatic heterocycles. The first-order valence-corrected chi connectivity index (χ1v) is 9.91. The molecule has 29 heavy (non-hydrogen) atoms. The molecular weight excluding hydrogens is 376 g/mol. The van der Waals surface area contributed by atoms with E-state index in [1.807, 2.05) is 42.5 Å². The summed E-state index contributed by atoms with van der Waals surface area (Å²) in [4.78, 5) is 24.1. The predicted octanol–water partition coefficient (Wildman–Crippen LogP) is 4.90. The maximum Gasteiger partial charge on any atom is 0.377 e. The van der Waals surface area contributed by atoms with Gasteiger partial charge in [0.15, 0.2) is 0 Å². The van der Waals surface area contributed by atoms with E-state index in [0.717, 1.165) is 30.4 Å². The molecule has 0 aromatic heterocycles. The highest BCUT2D eigenvalue weighted by Gasteiger charge is 2.44. The van der Waals surface area contributed by atoms with Gasteiger partial charge in [0, 0.05) is 12.3 Å². The topological polar surface area (TPSA) is 55.4 Å². The number of carbonyl (C=O) groups excluding carboxylic acids is 2. The van der Waals surface area contributed by atoms with Gasteiger partial charge in [-0.25, -0.2) is 4.79 Å². The Hall–Kier alpha value is -2.76. The summed E-state index contributed by atoms with van der Waals surface area (Å²) in [5, 5.41) is 2.72. The van der Waals surface area contributed by atoms with Crippen molar-refractivity contribution in [3.8, 4) is 11.1 Å². The van der Waals surface area contributed by atoms with Gasteiger partial charge < -0.3 is 10.1 Å². The number of esters is 1. The fourth-order valence-corrected chi connectivity index (χ4v) is 3.33. The third kappa shape index (κ3) is 5.19. The zero-order chi connectivity index (χ0) is 20.9. The average Bonchev–Trinajstić information content (AvgIpc) is 2.67. The maximum atomic E-state index is 14.4. The second-order valence-corrected chi connectivity index (χ2v) is 7.31. The quantitative estimate of drug-likeness (QED) is 0.640. The van der Waals surface area contributed by atoms with Gasteiger partial charge in [0.25, 0.3) is 0 Å². The smallest absolute Gasteiger partial charge is 0.377 e. The van der Waals surface area contributed by atoms with Crippen LogP contribution in [0.25, 0.3) is 11.1 Å². The summed E-state index contributed by atoms with van der Waals surface area (Å²) < 4.78 is 33.3. The van der Waals surface area contributed by atoms with Crippen molar-refractivity contribution >= 4 is 11.9 Å². The Bertz CT molecular complexity index is 833. The number of halogens is 2. The number of ether oxygens (including phenoxy) is 1. The summed E-state index contributed by atoms with van der Waals surface area (Å²) in [7, 11) is 0. The molecule has 154 valence electrons. The minimum Gasteiger partial charge on any atom is -0.462 e. The highest BCUT2D eigenvalue weighted by Crippen LogP contribution is 2.33. The molecule has 1 unspecified atom stereocenters. The molecule has 4 nitrogen and oxygen atoms in total. The van der Waals surface area contributed by atoms with Gasteiger partial charge in [-0.1, -0.05) is 61.0 Å². The molecule has 1 saturated carbocycles. The summed E-state index contributed by atoms with van der Waals surface area (Å²) in [6.07, 6.45) is 1.65. The summed E-state index contributed by atoms with van der Waals surface area (Å²) in [5.41, 5.74) is 2.47. The highest BCUT2D eigenvalue weighted by atomic mass is 19.3. The van der Waals surface area contributed by atoms with Gasteiger partial charge in [-0.2, -0.15) is 8.78 Å². The molecule has 1 fully saturated rings. The Morgan fingerprint density at radius 2 is 1.69 bits per heavy atom. The number of amides is 1. The molecular formula is C23H25F2NO3. The van der Waals surface area contributed by atoms with Crippen molar-refractivity contribution in [1.29, 1.82) is 0 Å². The molecule has 6 heteroatoms. The van der Waals surface area contributed by atoms with Crippen molar-refractivity contribution in [2.24, 2.45) is 5.92 Å². The van der Waals surface area contributed by atoms with Crippen LogP contribution in [0, 0.1) is 5.92 Å². The molecule has 2 aromatic carbocycles. The Balaban J connectivity index is 1.81. The lowest BCUT2D eigenvalue weighted by atomic mass is 9.84. The number of alkyl halides is 2. The van der Waals surface area contributed by atoms with Crippen molar-refractivity contribution in [3.63, 3.8) is 0 Å². The summed E-state index contributed by atoms with van der Waals surface area (Å²) >= 11 is 0. The van der Waals surface area contributed by atoms with Crippen LogP contribution in [-0.4, -0.2) is 24.4 Å². The second kappa shape index (κ2) is 9.16. The number of rotatable bonds is 8. The number of benzene rings is 2. The second-order valence-electron chi connectivity index (χ2n) is 7.31. The van der Waals surface area contributed by atoms with E-state index < -0.39 is 24.4 Å². The normalized spacial score (nSPS) is 15.3.